The van der Waals surface area contributed by atoms with Crippen LogP contribution >= 0.6 is 0 Å². The van der Waals surface area contributed by atoms with E-state index in [-0.39, 0.29) is 6.04 Å². The highest BCUT2D eigenvalue weighted by atomic mass is 15.2. The van der Waals surface area contributed by atoms with Crippen LogP contribution in [0.3, 0.4) is 0 Å². The molecule has 0 bridgehead atoms. The van der Waals surface area contributed by atoms with E-state index in [1.807, 2.05) is 0 Å². The highest BCUT2D eigenvalue weighted by Crippen LogP contribution is 2.50. The first-order chi connectivity index (χ1) is 40.6. The Kier molecular flexibility index (Phi) is 12.3. The molecule has 15 rings (SSSR count). The van der Waals surface area contributed by atoms with Gasteiger partial charge in [0.1, 0.15) is 0 Å². The van der Waals surface area contributed by atoms with Gasteiger partial charge in [-0.3, -0.25) is 0 Å². The van der Waals surface area contributed by atoms with Gasteiger partial charge in [-0.1, -0.05) is 194 Å². The van der Waals surface area contributed by atoms with Crippen molar-refractivity contribution in [1.29, 1.82) is 0 Å². The van der Waals surface area contributed by atoms with Crippen LogP contribution in [0.15, 0.2) is 322 Å². The predicted molar refractivity (Wildman–Crippen MR) is 345 cm³/mol. The van der Waals surface area contributed by atoms with Crippen LogP contribution < -0.4 is 14.7 Å². The molecule has 388 valence electrons. The number of aromatic nitrogens is 1. The minimum atomic E-state index is 0.0502. The number of rotatable bonds is 12. The molecule has 0 saturated carbocycles. The van der Waals surface area contributed by atoms with E-state index < -0.39 is 0 Å². The summed E-state index contributed by atoms with van der Waals surface area (Å²) in [6.45, 7) is 0. The van der Waals surface area contributed by atoms with Gasteiger partial charge in [-0.25, -0.2) is 0 Å². The molecule has 1 aliphatic rings. The van der Waals surface area contributed by atoms with Gasteiger partial charge in [0, 0.05) is 56.6 Å². The molecule has 1 unspecified atom stereocenters. The zero-order valence-electron chi connectivity index (χ0n) is 45.2. The molecule has 0 fully saturated rings. The molecule has 0 saturated heterocycles. The Morgan fingerprint density at radius 2 is 0.671 bits per heavy atom. The summed E-state index contributed by atoms with van der Waals surface area (Å²) in [7, 11) is 0. The highest BCUT2D eigenvalue weighted by Gasteiger charge is 2.33. The second-order valence-electron chi connectivity index (χ2n) is 21.4. The smallest absolute Gasteiger partial charge is 0.0632 e. The minimum absolute atomic E-state index is 0.0502. The Morgan fingerprint density at radius 3 is 1.15 bits per heavy atom. The Hall–Kier alpha value is -10.7. The maximum absolute atomic E-state index is 2.59. The van der Waals surface area contributed by atoms with Crippen LogP contribution in [-0.2, 0) is 6.42 Å². The van der Waals surface area contributed by atoms with E-state index in [1.54, 1.807) is 0 Å². The lowest BCUT2D eigenvalue weighted by Crippen LogP contribution is -2.20. The molecule has 14 aromatic rings. The standard InChI is InChI=1S/C78H56N4/c1-5-21-67(22-6-1)79(68-23-7-2-8-24-68)71-41-45-73(46-42-71)81-75(59-35-29-57(30-36-59)63-39-33-55-17-13-15-19-61(55)49-63)51-65-54-78-66(53-77(65)81)52-76(60-37-31-58(32-38-60)64-40-34-56-18-14-16-20-62(56)50-64)82(78)74-47-43-72(44-48-74)80(69-25-9-3-10-26-69)70-27-11-4-12-28-70/h1-51,53-54,76H,52H2. The zero-order valence-corrected chi connectivity index (χ0v) is 45.2. The van der Waals surface area contributed by atoms with Crippen molar-refractivity contribution in [3.8, 4) is 39.2 Å². The molecule has 0 aliphatic carbocycles. The average molecular weight is 1050 g/mol. The summed E-state index contributed by atoms with van der Waals surface area (Å²) in [5.41, 5.74) is 21.0. The number of hydrogen-bond donors (Lipinski definition) is 0. The largest absolute Gasteiger partial charge is 0.333 e. The molecular weight excluding hydrogens is 993 g/mol. The van der Waals surface area contributed by atoms with Crippen LogP contribution in [0.2, 0.25) is 0 Å². The third-order valence-corrected chi connectivity index (χ3v) is 16.4. The fourth-order valence-corrected chi connectivity index (χ4v) is 12.4. The monoisotopic (exact) mass is 1050 g/mol. The summed E-state index contributed by atoms with van der Waals surface area (Å²) in [5.74, 6) is 0. The first-order valence-electron chi connectivity index (χ1n) is 28.3. The Morgan fingerprint density at radius 1 is 0.280 bits per heavy atom. The second kappa shape index (κ2) is 20.8. The summed E-state index contributed by atoms with van der Waals surface area (Å²) in [6.07, 6.45) is 0.839. The SMILES string of the molecule is c1ccc(N(c2ccccc2)c2ccc(N3c4cc5cc(-c6ccc(-c7ccc8ccccc8c7)cc6)n(-c6ccc(N(c7ccccc7)c7ccccc7)cc6)c5cc4CC3c3ccc(-c4ccc5ccccc5c4)cc3)cc2)cc1. The molecule has 1 aromatic heterocycles. The van der Waals surface area contributed by atoms with Gasteiger partial charge in [0.2, 0.25) is 0 Å². The van der Waals surface area contributed by atoms with Crippen LogP contribution in [-0.4, -0.2) is 4.57 Å². The molecule has 0 spiro atoms. The first-order valence-corrected chi connectivity index (χ1v) is 28.3. The predicted octanol–water partition coefficient (Wildman–Crippen LogP) is 21.3. The Balaban J connectivity index is 0.864. The fraction of sp³-hybridized carbons (Fsp3) is 0.0256. The van der Waals surface area contributed by atoms with E-state index >= 15 is 0 Å². The molecule has 0 amide bonds. The summed E-state index contributed by atoms with van der Waals surface area (Å²) >= 11 is 0. The summed E-state index contributed by atoms with van der Waals surface area (Å²) in [5, 5.41) is 6.17. The number of para-hydroxylation sites is 4. The van der Waals surface area contributed by atoms with E-state index in [0.29, 0.717) is 0 Å². The topological polar surface area (TPSA) is 14.7 Å². The molecule has 0 N–H and O–H groups in total. The summed E-state index contributed by atoms with van der Waals surface area (Å²) in [4.78, 5) is 7.25. The van der Waals surface area contributed by atoms with E-state index in [2.05, 4.69) is 341 Å². The first kappa shape index (κ1) is 48.4. The minimum Gasteiger partial charge on any atom is -0.333 e. The van der Waals surface area contributed by atoms with Crippen LogP contribution in [0.4, 0.5) is 45.5 Å². The number of benzene rings is 13. The molecule has 82 heavy (non-hydrogen) atoms. The molecule has 1 atom stereocenters. The Bertz CT molecular complexity index is 4480. The highest BCUT2D eigenvalue weighted by molar-refractivity contribution is 5.96. The lowest BCUT2D eigenvalue weighted by Gasteiger charge is -2.30. The molecule has 4 heteroatoms. The van der Waals surface area contributed by atoms with Crippen LogP contribution in [0.1, 0.15) is 17.2 Å². The van der Waals surface area contributed by atoms with Crippen molar-refractivity contribution in [2.45, 2.75) is 12.5 Å². The van der Waals surface area contributed by atoms with Crippen molar-refractivity contribution in [3.05, 3.63) is 333 Å². The number of nitrogens with zero attached hydrogens (tertiary/aromatic N) is 4. The van der Waals surface area contributed by atoms with Crippen LogP contribution in [0, 0.1) is 0 Å². The van der Waals surface area contributed by atoms with Crippen molar-refractivity contribution >= 4 is 77.9 Å². The van der Waals surface area contributed by atoms with E-state index in [4.69, 9.17) is 0 Å². The number of anilines is 8. The molecule has 1 aliphatic heterocycles. The normalized spacial score (nSPS) is 12.9. The molecule has 2 heterocycles. The zero-order chi connectivity index (χ0) is 54.3. The van der Waals surface area contributed by atoms with Gasteiger partial charge in [0.15, 0.2) is 0 Å². The van der Waals surface area contributed by atoms with Crippen LogP contribution in [0.25, 0.3) is 71.6 Å². The van der Waals surface area contributed by atoms with Gasteiger partial charge >= 0.3 is 0 Å². The van der Waals surface area contributed by atoms with Gasteiger partial charge in [-0.05, 0) is 194 Å². The van der Waals surface area contributed by atoms with E-state index in [9.17, 15) is 0 Å². The second-order valence-corrected chi connectivity index (χ2v) is 21.4. The van der Waals surface area contributed by atoms with E-state index in [0.717, 1.165) is 63.2 Å². The molecule has 4 nitrogen and oxygen atoms in total. The van der Waals surface area contributed by atoms with Gasteiger partial charge in [-0.15, -0.1) is 0 Å². The van der Waals surface area contributed by atoms with E-state index in [1.165, 1.54) is 71.5 Å². The van der Waals surface area contributed by atoms with Crippen LogP contribution in [0.5, 0.6) is 0 Å². The van der Waals surface area contributed by atoms with Crippen molar-refractivity contribution in [1.82, 2.24) is 4.57 Å². The van der Waals surface area contributed by atoms with Gasteiger partial charge in [0.25, 0.3) is 0 Å². The van der Waals surface area contributed by atoms with Gasteiger partial charge in [0.05, 0.1) is 17.3 Å². The molecule has 13 aromatic carbocycles. The Labute approximate surface area is 478 Å². The fourth-order valence-electron chi connectivity index (χ4n) is 12.4. The van der Waals surface area contributed by atoms with Crippen molar-refractivity contribution in [2.75, 3.05) is 14.7 Å². The van der Waals surface area contributed by atoms with Gasteiger partial charge in [-0.2, -0.15) is 0 Å². The third-order valence-electron chi connectivity index (χ3n) is 16.4. The number of hydrogen-bond acceptors (Lipinski definition) is 3. The molecular formula is C78H56N4. The maximum atomic E-state index is 2.59. The van der Waals surface area contributed by atoms with Crippen molar-refractivity contribution in [3.63, 3.8) is 0 Å². The third kappa shape index (κ3) is 9.03. The lowest BCUT2D eigenvalue weighted by atomic mass is 9.97. The molecule has 0 radical (unpaired) electrons. The van der Waals surface area contributed by atoms with Crippen molar-refractivity contribution < 1.29 is 0 Å². The number of fused-ring (bicyclic) bond motifs is 4. The maximum Gasteiger partial charge on any atom is 0.0632 e. The lowest BCUT2D eigenvalue weighted by molar-refractivity contribution is 0.743. The summed E-state index contributed by atoms with van der Waals surface area (Å²) in [6, 6.07) is 117. The quantitative estimate of drug-likeness (QED) is 0.121. The average Bonchev–Trinajstić information content (AvgIpc) is 4.28. The van der Waals surface area contributed by atoms with Crippen molar-refractivity contribution in [2.24, 2.45) is 0 Å². The summed E-state index contributed by atoms with van der Waals surface area (Å²) < 4.78 is 2.48. The van der Waals surface area contributed by atoms with Gasteiger partial charge < -0.3 is 19.3 Å².